The van der Waals surface area contributed by atoms with Crippen LogP contribution in [-0.4, -0.2) is 21.1 Å². The molecule has 0 saturated heterocycles. The highest BCUT2D eigenvalue weighted by Crippen LogP contribution is 2.25. The van der Waals surface area contributed by atoms with E-state index >= 15 is 0 Å². The van der Waals surface area contributed by atoms with Crippen LogP contribution in [0.3, 0.4) is 0 Å². The number of nitrogens with one attached hydrogen (secondary N) is 2. The Labute approximate surface area is 132 Å². The van der Waals surface area contributed by atoms with Crippen LogP contribution in [0.5, 0.6) is 0 Å². The fourth-order valence-electron chi connectivity index (χ4n) is 2.03. The predicted molar refractivity (Wildman–Crippen MR) is 81.8 cm³/mol. The number of carbonyl (C=O) groups is 1. The quantitative estimate of drug-likeness (QED) is 0.766. The number of H-pyrrole nitrogens is 1. The van der Waals surface area contributed by atoms with Crippen molar-refractivity contribution in [2.75, 3.05) is 5.32 Å². The molecule has 2 N–H and O–H groups in total. The summed E-state index contributed by atoms with van der Waals surface area (Å²) in [6.45, 7) is 0. The first kappa shape index (κ1) is 15.2. The van der Waals surface area contributed by atoms with E-state index in [2.05, 4.69) is 20.5 Å². The number of hydrogen-bond donors (Lipinski definition) is 2. The lowest BCUT2D eigenvalue weighted by molar-refractivity contribution is -0.115. The number of amides is 1. The fraction of sp³-hybridized carbons (Fsp3) is 0.143. The van der Waals surface area contributed by atoms with E-state index in [1.165, 1.54) is 0 Å². The van der Waals surface area contributed by atoms with Gasteiger partial charge in [0.1, 0.15) is 0 Å². The average molecular weight is 336 g/mol. The third kappa shape index (κ3) is 3.39. The minimum Gasteiger partial charge on any atom is -0.322 e. The molecule has 0 aliphatic heterocycles. The number of carbonyl (C=O) groups excluding carboxylic acids is 1. The number of rotatable bonds is 4. The van der Waals surface area contributed by atoms with Gasteiger partial charge < -0.3 is 10.3 Å². The third-order valence-corrected chi connectivity index (χ3v) is 3.90. The molecule has 0 radical (unpaired) electrons. The second-order valence-electron chi connectivity index (χ2n) is 4.68. The molecule has 0 bridgehead atoms. The van der Waals surface area contributed by atoms with Gasteiger partial charge in [-0.2, -0.15) is 0 Å². The van der Waals surface area contributed by atoms with Crippen molar-refractivity contribution in [3.05, 3.63) is 51.3 Å². The first-order valence-corrected chi connectivity index (χ1v) is 7.37. The Hall–Kier alpha value is -2.68. The number of aromatic amines is 1. The van der Waals surface area contributed by atoms with Crippen molar-refractivity contribution < 1.29 is 13.6 Å². The summed E-state index contributed by atoms with van der Waals surface area (Å²) >= 11 is 0.597. The van der Waals surface area contributed by atoms with Gasteiger partial charge in [0.05, 0.1) is 6.42 Å². The summed E-state index contributed by atoms with van der Waals surface area (Å²) in [4.78, 5) is 26.6. The zero-order chi connectivity index (χ0) is 16.4. The first-order valence-electron chi connectivity index (χ1n) is 6.55. The summed E-state index contributed by atoms with van der Waals surface area (Å²) in [6.07, 6.45) is -2.93. The standard InChI is InChI=1S/C14H10F2N4O2S/c15-11(16)13-19-20-14(23-13)18-10(21)6-8-5-7-3-1-2-4-9(7)17-12(8)22/h1-5,11H,6H2,(H,17,22)(H,18,20,21). The SMILES string of the molecule is O=C(Cc1cc2ccccc2[nH]c1=O)Nc1nnc(C(F)F)s1. The Morgan fingerprint density at radius 1 is 1.30 bits per heavy atom. The van der Waals surface area contributed by atoms with Gasteiger partial charge in [-0.05, 0) is 17.5 Å². The Kier molecular flexibility index (Phi) is 4.11. The Bertz CT molecular complexity index is 922. The molecular weight excluding hydrogens is 326 g/mol. The minimum atomic E-state index is -2.73. The van der Waals surface area contributed by atoms with Crippen LogP contribution in [0.4, 0.5) is 13.9 Å². The van der Waals surface area contributed by atoms with Crippen LogP contribution in [0.1, 0.15) is 17.0 Å². The van der Waals surface area contributed by atoms with Gasteiger partial charge in [-0.15, -0.1) is 10.2 Å². The van der Waals surface area contributed by atoms with E-state index < -0.39 is 17.3 Å². The Balaban J connectivity index is 1.77. The van der Waals surface area contributed by atoms with Crippen LogP contribution in [-0.2, 0) is 11.2 Å². The van der Waals surface area contributed by atoms with E-state index in [1.54, 1.807) is 18.2 Å². The zero-order valence-corrected chi connectivity index (χ0v) is 12.4. The maximum atomic E-state index is 12.4. The Morgan fingerprint density at radius 2 is 2.09 bits per heavy atom. The van der Waals surface area contributed by atoms with Gasteiger partial charge in [-0.3, -0.25) is 9.59 Å². The second kappa shape index (κ2) is 6.21. The lowest BCUT2D eigenvalue weighted by Gasteiger charge is -2.03. The summed E-state index contributed by atoms with van der Waals surface area (Å²) in [5.74, 6) is -0.525. The highest BCUT2D eigenvalue weighted by Gasteiger charge is 2.16. The topological polar surface area (TPSA) is 87.7 Å². The predicted octanol–water partition coefficient (Wildman–Crippen LogP) is 2.50. The fourth-order valence-corrected chi connectivity index (χ4v) is 2.65. The number of aromatic nitrogens is 3. The van der Waals surface area contributed by atoms with Crippen molar-refractivity contribution in [1.82, 2.24) is 15.2 Å². The molecule has 2 heterocycles. The van der Waals surface area contributed by atoms with E-state index in [-0.39, 0.29) is 22.7 Å². The smallest absolute Gasteiger partial charge is 0.291 e. The largest absolute Gasteiger partial charge is 0.322 e. The maximum Gasteiger partial charge on any atom is 0.291 e. The molecule has 6 nitrogen and oxygen atoms in total. The lowest BCUT2D eigenvalue weighted by atomic mass is 10.1. The monoisotopic (exact) mass is 336 g/mol. The number of anilines is 1. The molecule has 0 saturated carbocycles. The molecule has 1 aromatic carbocycles. The summed E-state index contributed by atoms with van der Waals surface area (Å²) in [5, 5.41) is 9.40. The van der Waals surface area contributed by atoms with Crippen LogP contribution >= 0.6 is 11.3 Å². The van der Waals surface area contributed by atoms with Gasteiger partial charge >= 0.3 is 0 Å². The van der Waals surface area contributed by atoms with Crippen LogP contribution in [0.25, 0.3) is 10.9 Å². The van der Waals surface area contributed by atoms with E-state index in [4.69, 9.17) is 0 Å². The number of fused-ring (bicyclic) bond motifs is 1. The van der Waals surface area contributed by atoms with Gasteiger partial charge in [-0.25, -0.2) is 8.78 Å². The van der Waals surface area contributed by atoms with E-state index in [0.717, 1.165) is 5.39 Å². The van der Waals surface area contributed by atoms with Crippen molar-refractivity contribution in [2.45, 2.75) is 12.8 Å². The molecule has 118 valence electrons. The molecule has 3 aromatic rings. The number of para-hydroxylation sites is 1. The van der Waals surface area contributed by atoms with Gasteiger partial charge in [0.25, 0.3) is 12.0 Å². The number of pyridine rings is 1. The van der Waals surface area contributed by atoms with Crippen molar-refractivity contribution in [1.29, 1.82) is 0 Å². The van der Waals surface area contributed by atoms with Gasteiger partial charge in [-0.1, -0.05) is 29.5 Å². The molecule has 0 fully saturated rings. The van der Waals surface area contributed by atoms with E-state index in [9.17, 15) is 18.4 Å². The normalized spacial score (nSPS) is 11.1. The molecule has 9 heteroatoms. The summed E-state index contributed by atoms with van der Waals surface area (Å²) in [5.41, 5.74) is 0.580. The van der Waals surface area contributed by atoms with Crippen molar-refractivity contribution in [2.24, 2.45) is 0 Å². The van der Waals surface area contributed by atoms with Crippen LogP contribution < -0.4 is 10.9 Å². The van der Waals surface area contributed by atoms with Gasteiger partial charge in [0, 0.05) is 11.1 Å². The van der Waals surface area contributed by atoms with E-state index in [0.29, 0.717) is 16.9 Å². The minimum absolute atomic E-state index is 0.0254. The maximum absolute atomic E-state index is 12.4. The van der Waals surface area contributed by atoms with Gasteiger partial charge in [0.2, 0.25) is 11.0 Å². The number of benzene rings is 1. The van der Waals surface area contributed by atoms with Gasteiger partial charge in [0.15, 0.2) is 5.01 Å². The molecule has 0 spiro atoms. The van der Waals surface area contributed by atoms with Crippen molar-refractivity contribution in [3.63, 3.8) is 0 Å². The Morgan fingerprint density at radius 3 is 2.83 bits per heavy atom. The molecule has 0 atom stereocenters. The number of hydrogen-bond acceptors (Lipinski definition) is 5. The molecule has 0 unspecified atom stereocenters. The average Bonchev–Trinajstić information content (AvgIpc) is 2.96. The number of alkyl halides is 2. The van der Waals surface area contributed by atoms with E-state index in [1.807, 2.05) is 12.1 Å². The summed E-state index contributed by atoms with van der Waals surface area (Å²) in [6, 6.07) is 8.80. The molecule has 1 amide bonds. The molecular formula is C14H10F2N4O2S. The third-order valence-electron chi connectivity index (χ3n) is 3.06. The molecule has 2 aromatic heterocycles. The van der Waals surface area contributed by atoms with Crippen LogP contribution in [0, 0.1) is 0 Å². The number of halogens is 2. The summed E-state index contributed by atoms with van der Waals surface area (Å²) in [7, 11) is 0. The first-order chi connectivity index (χ1) is 11.0. The molecule has 0 aliphatic rings. The summed E-state index contributed by atoms with van der Waals surface area (Å²) < 4.78 is 24.8. The highest BCUT2D eigenvalue weighted by atomic mass is 32.1. The lowest BCUT2D eigenvalue weighted by Crippen LogP contribution is -2.20. The molecule has 0 aliphatic carbocycles. The van der Waals surface area contributed by atoms with Crippen LogP contribution in [0.15, 0.2) is 35.1 Å². The number of nitrogens with zero attached hydrogens (tertiary/aromatic N) is 2. The van der Waals surface area contributed by atoms with Crippen molar-refractivity contribution >= 4 is 33.3 Å². The molecule has 3 rings (SSSR count). The zero-order valence-electron chi connectivity index (χ0n) is 11.5. The second-order valence-corrected chi connectivity index (χ2v) is 5.69. The van der Waals surface area contributed by atoms with Crippen LogP contribution in [0.2, 0.25) is 0 Å². The molecule has 23 heavy (non-hydrogen) atoms. The highest BCUT2D eigenvalue weighted by molar-refractivity contribution is 7.15. The van der Waals surface area contributed by atoms with Crippen molar-refractivity contribution in [3.8, 4) is 0 Å².